The Morgan fingerprint density at radius 1 is 1.30 bits per heavy atom. The molecule has 1 aromatic carbocycles. The van der Waals surface area contributed by atoms with Crippen LogP contribution >= 0.6 is 0 Å². The highest BCUT2D eigenvalue weighted by Crippen LogP contribution is 2.27. The van der Waals surface area contributed by atoms with Crippen LogP contribution in [0.25, 0.3) is 0 Å². The first-order valence-corrected chi connectivity index (χ1v) is 9.75. The summed E-state index contributed by atoms with van der Waals surface area (Å²) >= 11 is 0. The highest BCUT2D eigenvalue weighted by Gasteiger charge is 2.29. The van der Waals surface area contributed by atoms with Crippen molar-refractivity contribution in [3.8, 4) is 0 Å². The minimum absolute atomic E-state index is 0.236. The maximum atomic E-state index is 12.2. The van der Waals surface area contributed by atoms with Crippen LogP contribution in [0, 0.1) is 0 Å². The number of likely N-dealkylation sites (tertiary alicyclic amines) is 1. The number of amides is 1. The molecule has 2 saturated heterocycles. The molecule has 0 bridgehead atoms. The molecule has 7 nitrogen and oxygen atoms in total. The molecule has 0 saturated carbocycles. The fraction of sp³-hybridized carbons (Fsp3) is 0.650. The van der Waals surface area contributed by atoms with Crippen molar-refractivity contribution < 1.29 is 14.3 Å². The highest BCUT2D eigenvalue weighted by atomic mass is 16.6. The number of nitrogens with zero attached hydrogens (tertiary/aromatic N) is 2. The van der Waals surface area contributed by atoms with Crippen LogP contribution in [-0.4, -0.2) is 62.0 Å². The van der Waals surface area contributed by atoms with E-state index in [1.807, 2.05) is 20.8 Å². The second-order valence-corrected chi connectivity index (χ2v) is 8.24. The van der Waals surface area contributed by atoms with Gasteiger partial charge in [0.05, 0.1) is 24.6 Å². The summed E-state index contributed by atoms with van der Waals surface area (Å²) in [6, 6.07) is 6.44. The Labute approximate surface area is 161 Å². The Morgan fingerprint density at radius 2 is 2.04 bits per heavy atom. The molecule has 2 fully saturated rings. The summed E-state index contributed by atoms with van der Waals surface area (Å²) in [5, 5.41) is 3.54. The van der Waals surface area contributed by atoms with Gasteiger partial charge in [0.15, 0.2) is 0 Å². The lowest BCUT2D eigenvalue weighted by molar-refractivity contribution is 0.0291. The number of para-hydroxylation sites is 1. The highest BCUT2D eigenvalue weighted by molar-refractivity contribution is 5.71. The summed E-state index contributed by atoms with van der Waals surface area (Å²) in [4.78, 5) is 16.2. The summed E-state index contributed by atoms with van der Waals surface area (Å²) in [5.74, 6) is 0. The Hall–Kier alpha value is -1.99. The Kier molecular flexibility index (Phi) is 6.11. The molecular weight excluding hydrogens is 344 g/mol. The third-order valence-corrected chi connectivity index (χ3v) is 4.95. The normalized spacial score (nSPS) is 20.8. The van der Waals surface area contributed by atoms with Crippen molar-refractivity contribution in [3.05, 3.63) is 23.8 Å². The van der Waals surface area contributed by atoms with Gasteiger partial charge in [-0.25, -0.2) is 4.79 Å². The van der Waals surface area contributed by atoms with E-state index in [2.05, 4.69) is 28.4 Å². The maximum absolute atomic E-state index is 12.2. The van der Waals surface area contributed by atoms with Crippen molar-refractivity contribution in [2.75, 3.05) is 50.0 Å². The number of ether oxygens (including phenoxy) is 2. The fourth-order valence-corrected chi connectivity index (χ4v) is 3.51. The Morgan fingerprint density at radius 3 is 2.74 bits per heavy atom. The first kappa shape index (κ1) is 19.8. The van der Waals surface area contributed by atoms with Crippen LogP contribution in [0.1, 0.15) is 32.8 Å². The number of morpholine rings is 1. The smallest absolute Gasteiger partial charge is 0.410 e. The van der Waals surface area contributed by atoms with Crippen molar-refractivity contribution in [1.29, 1.82) is 0 Å². The third kappa shape index (κ3) is 5.26. The van der Waals surface area contributed by atoms with E-state index in [-0.39, 0.29) is 12.1 Å². The van der Waals surface area contributed by atoms with Crippen LogP contribution in [0.4, 0.5) is 16.2 Å². The standard InChI is InChI=1S/C20H32N4O3/c1-20(2,3)27-19(25)24-8-7-16(14-24)22-13-15-5-4-6-17(18(15)21)23-9-11-26-12-10-23/h4-6,16,22H,7-14,21H2,1-3H3/t16-/m1/s1. The molecule has 0 spiro atoms. The van der Waals surface area contributed by atoms with Gasteiger partial charge in [-0.2, -0.15) is 0 Å². The van der Waals surface area contributed by atoms with Crippen LogP contribution in [0.15, 0.2) is 18.2 Å². The van der Waals surface area contributed by atoms with E-state index in [1.165, 1.54) is 0 Å². The molecule has 1 amide bonds. The number of nitrogens with two attached hydrogens (primary N) is 1. The van der Waals surface area contributed by atoms with Gasteiger partial charge in [0, 0.05) is 38.8 Å². The number of rotatable bonds is 4. The van der Waals surface area contributed by atoms with Crippen molar-refractivity contribution in [2.45, 2.75) is 45.4 Å². The van der Waals surface area contributed by atoms with Crippen molar-refractivity contribution >= 4 is 17.5 Å². The Balaban J connectivity index is 1.54. The van der Waals surface area contributed by atoms with Crippen molar-refractivity contribution in [3.63, 3.8) is 0 Å². The SMILES string of the molecule is CC(C)(C)OC(=O)N1CC[C@@H](NCc2cccc(N3CCOCC3)c2N)C1. The van der Waals surface area contributed by atoms with E-state index >= 15 is 0 Å². The number of hydrogen-bond donors (Lipinski definition) is 2. The van der Waals surface area contributed by atoms with Crippen LogP contribution < -0.4 is 16.0 Å². The number of nitrogen functional groups attached to an aromatic ring is 1. The van der Waals surface area contributed by atoms with E-state index in [4.69, 9.17) is 15.2 Å². The van der Waals surface area contributed by atoms with Gasteiger partial charge in [0.25, 0.3) is 0 Å². The number of carbonyl (C=O) groups is 1. The van der Waals surface area contributed by atoms with Crippen LogP contribution in [-0.2, 0) is 16.0 Å². The van der Waals surface area contributed by atoms with E-state index < -0.39 is 5.60 Å². The van der Waals surface area contributed by atoms with Gasteiger partial charge >= 0.3 is 6.09 Å². The fourth-order valence-electron chi connectivity index (χ4n) is 3.51. The lowest BCUT2D eigenvalue weighted by atomic mass is 10.1. The van der Waals surface area contributed by atoms with E-state index in [0.29, 0.717) is 13.1 Å². The quantitative estimate of drug-likeness (QED) is 0.785. The zero-order chi connectivity index (χ0) is 19.4. The van der Waals surface area contributed by atoms with E-state index in [9.17, 15) is 4.79 Å². The minimum atomic E-state index is -0.461. The summed E-state index contributed by atoms with van der Waals surface area (Å²) in [6.07, 6.45) is 0.683. The summed E-state index contributed by atoms with van der Waals surface area (Å²) in [7, 11) is 0. The second-order valence-electron chi connectivity index (χ2n) is 8.24. The lowest BCUT2D eigenvalue weighted by Crippen LogP contribution is -2.38. The number of carbonyl (C=O) groups excluding carboxylic acids is 1. The predicted octanol–water partition coefficient (Wildman–Crippen LogP) is 2.20. The molecule has 0 radical (unpaired) electrons. The molecular formula is C20H32N4O3. The second kappa shape index (κ2) is 8.35. The molecule has 3 N–H and O–H groups in total. The molecule has 0 aromatic heterocycles. The van der Waals surface area contributed by atoms with Gasteiger partial charge < -0.3 is 30.3 Å². The molecule has 2 aliphatic heterocycles. The molecule has 1 atom stereocenters. The largest absolute Gasteiger partial charge is 0.444 e. The molecule has 1 aromatic rings. The summed E-state index contributed by atoms with van der Waals surface area (Å²) in [5.41, 5.74) is 8.98. The average Bonchev–Trinajstić information content (AvgIpc) is 3.09. The van der Waals surface area contributed by atoms with Crippen LogP contribution in [0.5, 0.6) is 0 Å². The number of benzene rings is 1. The van der Waals surface area contributed by atoms with Crippen molar-refractivity contribution in [2.24, 2.45) is 0 Å². The summed E-state index contributed by atoms with van der Waals surface area (Å²) < 4.78 is 10.9. The molecule has 0 unspecified atom stereocenters. The number of nitrogens with one attached hydrogen (secondary N) is 1. The molecule has 7 heteroatoms. The number of anilines is 2. The zero-order valence-corrected chi connectivity index (χ0v) is 16.7. The van der Waals surface area contributed by atoms with Gasteiger partial charge in [-0.15, -0.1) is 0 Å². The van der Waals surface area contributed by atoms with Gasteiger partial charge in [0.1, 0.15) is 5.60 Å². The monoisotopic (exact) mass is 376 g/mol. The number of hydrogen-bond acceptors (Lipinski definition) is 6. The van der Waals surface area contributed by atoms with Crippen LogP contribution in [0.2, 0.25) is 0 Å². The van der Waals surface area contributed by atoms with Gasteiger partial charge in [-0.3, -0.25) is 0 Å². The first-order valence-electron chi connectivity index (χ1n) is 9.75. The van der Waals surface area contributed by atoms with Gasteiger partial charge in [-0.1, -0.05) is 12.1 Å². The molecule has 150 valence electrons. The topological polar surface area (TPSA) is 80.1 Å². The lowest BCUT2D eigenvalue weighted by Gasteiger charge is -2.30. The van der Waals surface area contributed by atoms with Gasteiger partial charge in [0.2, 0.25) is 0 Å². The first-order chi connectivity index (χ1) is 12.8. The third-order valence-electron chi connectivity index (χ3n) is 4.95. The maximum Gasteiger partial charge on any atom is 0.410 e. The Bertz CT molecular complexity index is 653. The predicted molar refractivity (Wildman–Crippen MR) is 107 cm³/mol. The summed E-state index contributed by atoms with van der Waals surface area (Å²) in [6.45, 7) is 11.0. The molecule has 2 heterocycles. The van der Waals surface area contributed by atoms with Gasteiger partial charge in [-0.05, 0) is 38.8 Å². The van der Waals surface area contributed by atoms with E-state index in [0.717, 1.165) is 56.2 Å². The molecule has 3 rings (SSSR count). The average molecular weight is 377 g/mol. The molecule has 27 heavy (non-hydrogen) atoms. The minimum Gasteiger partial charge on any atom is -0.444 e. The van der Waals surface area contributed by atoms with Crippen LogP contribution in [0.3, 0.4) is 0 Å². The van der Waals surface area contributed by atoms with E-state index in [1.54, 1.807) is 4.90 Å². The van der Waals surface area contributed by atoms with Crippen molar-refractivity contribution in [1.82, 2.24) is 10.2 Å². The molecule has 0 aliphatic carbocycles. The zero-order valence-electron chi connectivity index (χ0n) is 16.7. The molecule has 2 aliphatic rings.